The quantitative estimate of drug-likeness (QED) is 0.654. The highest BCUT2D eigenvalue weighted by atomic mass is 16.5. The molecule has 29 heavy (non-hydrogen) atoms. The van der Waals surface area contributed by atoms with Gasteiger partial charge in [-0.2, -0.15) is 4.98 Å². The van der Waals surface area contributed by atoms with Gasteiger partial charge in [-0.15, -0.1) is 0 Å². The number of nitrogens with zero attached hydrogens (tertiary/aromatic N) is 3. The molecule has 6 nitrogen and oxygen atoms in total. The van der Waals surface area contributed by atoms with E-state index in [2.05, 4.69) is 10.1 Å². The van der Waals surface area contributed by atoms with Crippen molar-refractivity contribution in [3.05, 3.63) is 65.5 Å². The van der Waals surface area contributed by atoms with Crippen molar-refractivity contribution < 1.29 is 14.1 Å². The lowest BCUT2D eigenvalue weighted by atomic mass is 9.94. The van der Waals surface area contributed by atoms with Crippen molar-refractivity contribution in [3.63, 3.8) is 0 Å². The molecule has 0 aliphatic carbocycles. The van der Waals surface area contributed by atoms with Gasteiger partial charge in [0.25, 0.3) is 5.91 Å². The molecule has 1 aliphatic rings. The van der Waals surface area contributed by atoms with Gasteiger partial charge in [-0.25, -0.2) is 0 Å². The summed E-state index contributed by atoms with van der Waals surface area (Å²) in [5, 5.41) is 4.15. The summed E-state index contributed by atoms with van der Waals surface area (Å²) >= 11 is 0. The van der Waals surface area contributed by atoms with E-state index in [9.17, 15) is 4.79 Å². The number of benzene rings is 2. The Kier molecular flexibility index (Phi) is 5.60. The molecule has 150 valence electrons. The molecule has 1 atom stereocenters. The smallest absolute Gasteiger partial charge is 0.253 e. The number of amides is 1. The number of hydrogen-bond acceptors (Lipinski definition) is 5. The van der Waals surface area contributed by atoms with Crippen molar-refractivity contribution in [2.75, 3.05) is 20.2 Å². The molecule has 1 aliphatic heterocycles. The number of aromatic nitrogens is 2. The molecule has 4 rings (SSSR count). The summed E-state index contributed by atoms with van der Waals surface area (Å²) in [5.74, 6) is 2.30. The molecule has 0 N–H and O–H groups in total. The molecule has 2 heterocycles. The highest BCUT2D eigenvalue weighted by Gasteiger charge is 2.26. The fraction of sp³-hybridized carbons (Fsp3) is 0.348. The first-order valence-electron chi connectivity index (χ1n) is 9.96. The lowest BCUT2D eigenvalue weighted by molar-refractivity contribution is 0.0668. The van der Waals surface area contributed by atoms with E-state index in [-0.39, 0.29) is 5.91 Å². The van der Waals surface area contributed by atoms with E-state index in [0.717, 1.165) is 30.5 Å². The number of hydrogen-bond donors (Lipinski definition) is 0. The van der Waals surface area contributed by atoms with E-state index < -0.39 is 0 Å². The van der Waals surface area contributed by atoms with E-state index in [4.69, 9.17) is 9.26 Å². The van der Waals surface area contributed by atoms with E-state index in [0.29, 0.717) is 41.9 Å². The number of ether oxygens (including phenoxy) is 1. The predicted molar refractivity (Wildman–Crippen MR) is 110 cm³/mol. The second-order valence-corrected chi connectivity index (χ2v) is 7.52. The average Bonchev–Trinajstić information content (AvgIpc) is 3.22. The average molecular weight is 391 g/mol. The van der Waals surface area contributed by atoms with Crippen molar-refractivity contribution in [1.82, 2.24) is 15.0 Å². The van der Waals surface area contributed by atoms with Crippen molar-refractivity contribution >= 4 is 5.91 Å². The van der Waals surface area contributed by atoms with Gasteiger partial charge < -0.3 is 14.2 Å². The number of rotatable bonds is 5. The Morgan fingerprint density at radius 3 is 2.93 bits per heavy atom. The third-order valence-electron chi connectivity index (χ3n) is 5.44. The largest absolute Gasteiger partial charge is 0.497 e. The molecule has 0 spiro atoms. The molecule has 1 fully saturated rings. The van der Waals surface area contributed by atoms with Crippen LogP contribution in [0.15, 0.2) is 53.1 Å². The second-order valence-electron chi connectivity index (χ2n) is 7.52. The molecule has 1 unspecified atom stereocenters. The third-order valence-corrected chi connectivity index (χ3v) is 5.44. The zero-order valence-corrected chi connectivity index (χ0v) is 16.8. The summed E-state index contributed by atoms with van der Waals surface area (Å²) in [4.78, 5) is 19.4. The van der Waals surface area contributed by atoms with Gasteiger partial charge in [0.05, 0.1) is 7.11 Å². The molecule has 1 aromatic heterocycles. The van der Waals surface area contributed by atoms with Crippen LogP contribution >= 0.6 is 0 Å². The van der Waals surface area contributed by atoms with Gasteiger partial charge in [-0.1, -0.05) is 35.5 Å². The fourth-order valence-electron chi connectivity index (χ4n) is 3.87. The minimum Gasteiger partial charge on any atom is -0.497 e. The molecule has 3 aromatic rings. The van der Waals surface area contributed by atoms with Crippen LogP contribution in [0.2, 0.25) is 0 Å². The van der Waals surface area contributed by atoms with Crippen LogP contribution in [0.25, 0.3) is 11.4 Å². The van der Waals surface area contributed by atoms with Gasteiger partial charge in [-0.3, -0.25) is 4.79 Å². The Labute approximate surface area is 170 Å². The Morgan fingerprint density at radius 1 is 1.24 bits per heavy atom. The highest BCUT2D eigenvalue weighted by Crippen LogP contribution is 2.25. The molecule has 1 saturated heterocycles. The first-order valence-corrected chi connectivity index (χ1v) is 9.96. The van der Waals surface area contributed by atoms with Crippen LogP contribution in [0.5, 0.6) is 5.75 Å². The molecular formula is C23H25N3O3. The predicted octanol–water partition coefficient (Wildman–Crippen LogP) is 4.15. The monoisotopic (exact) mass is 391 g/mol. The maximum atomic E-state index is 12.9. The third kappa shape index (κ3) is 4.31. The van der Waals surface area contributed by atoms with E-state index in [1.165, 1.54) is 0 Å². The highest BCUT2D eigenvalue weighted by molar-refractivity contribution is 5.94. The standard InChI is InChI=1S/C23H25N3O3/c1-16-7-3-4-11-20(16)22-24-21(29-25-22)13-17-8-6-12-26(15-17)23(27)18-9-5-10-19(14-18)28-2/h3-5,7,9-11,14,17H,6,8,12-13,15H2,1-2H3. The Bertz CT molecular complexity index is 998. The maximum absolute atomic E-state index is 12.9. The molecule has 2 aromatic carbocycles. The summed E-state index contributed by atoms with van der Waals surface area (Å²) in [6.07, 6.45) is 2.70. The molecule has 0 bridgehead atoms. The number of methoxy groups -OCH3 is 1. The maximum Gasteiger partial charge on any atom is 0.253 e. The van der Waals surface area contributed by atoms with E-state index >= 15 is 0 Å². The normalized spacial score (nSPS) is 16.6. The number of carbonyl (C=O) groups excluding carboxylic acids is 1. The minimum absolute atomic E-state index is 0.0414. The van der Waals surface area contributed by atoms with Gasteiger partial charge in [0.1, 0.15) is 5.75 Å². The lowest BCUT2D eigenvalue weighted by Crippen LogP contribution is -2.40. The van der Waals surface area contributed by atoms with Gasteiger partial charge >= 0.3 is 0 Å². The Balaban J connectivity index is 1.43. The van der Waals surface area contributed by atoms with Crippen LogP contribution in [0.4, 0.5) is 0 Å². The first-order chi connectivity index (χ1) is 14.1. The number of piperidine rings is 1. The Hall–Kier alpha value is -3.15. The van der Waals surface area contributed by atoms with Crippen LogP contribution in [-0.4, -0.2) is 41.1 Å². The van der Waals surface area contributed by atoms with Crippen molar-refractivity contribution in [1.29, 1.82) is 0 Å². The summed E-state index contributed by atoms with van der Waals surface area (Å²) in [7, 11) is 1.61. The van der Waals surface area contributed by atoms with Gasteiger partial charge in [0.15, 0.2) is 0 Å². The topological polar surface area (TPSA) is 68.5 Å². The van der Waals surface area contributed by atoms with Crippen molar-refractivity contribution in [2.45, 2.75) is 26.2 Å². The number of aryl methyl sites for hydroxylation is 1. The van der Waals surface area contributed by atoms with Crippen LogP contribution in [0, 0.1) is 12.8 Å². The van der Waals surface area contributed by atoms with Gasteiger partial charge in [0, 0.05) is 30.6 Å². The molecule has 0 saturated carbocycles. The van der Waals surface area contributed by atoms with Crippen molar-refractivity contribution in [3.8, 4) is 17.1 Å². The van der Waals surface area contributed by atoms with E-state index in [1.54, 1.807) is 13.2 Å². The minimum atomic E-state index is 0.0414. The van der Waals surface area contributed by atoms with Gasteiger partial charge in [0.2, 0.25) is 11.7 Å². The zero-order valence-electron chi connectivity index (χ0n) is 16.8. The van der Waals surface area contributed by atoms with Gasteiger partial charge in [-0.05, 0) is 49.4 Å². The van der Waals surface area contributed by atoms with Crippen molar-refractivity contribution in [2.24, 2.45) is 5.92 Å². The summed E-state index contributed by atoms with van der Waals surface area (Å²) in [6.45, 7) is 3.50. The molecule has 0 radical (unpaired) electrons. The summed E-state index contributed by atoms with van der Waals surface area (Å²) in [5.41, 5.74) is 2.76. The van der Waals surface area contributed by atoms with E-state index in [1.807, 2.05) is 54.3 Å². The molecular weight excluding hydrogens is 366 g/mol. The van der Waals surface area contributed by atoms with Crippen LogP contribution in [0.3, 0.4) is 0 Å². The molecule has 1 amide bonds. The second kappa shape index (κ2) is 8.47. The molecule has 6 heteroatoms. The van der Waals surface area contributed by atoms with Crippen LogP contribution in [0.1, 0.15) is 34.7 Å². The lowest BCUT2D eigenvalue weighted by Gasteiger charge is -2.32. The number of carbonyl (C=O) groups is 1. The fourth-order valence-corrected chi connectivity index (χ4v) is 3.87. The zero-order chi connectivity index (χ0) is 20.2. The summed E-state index contributed by atoms with van der Waals surface area (Å²) < 4.78 is 10.7. The van der Waals surface area contributed by atoms with Crippen LogP contribution in [-0.2, 0) is 6.42 Å². The first kappa shape index (κ1) is 19.2. The number of likely N-dealkylation sites (tertiary alicyclic amines) is 1. The Morgan fingerprint density at radius 2 is 2.10 bits per heavy atom. The van der Waals surface area contributed by atoms with Crippen LogP contribution < -0.4 is 4.74 Å². The SMILES string of the molecule is COc1cccc(C(=O)N2CCCC(Cc3nc(-c4ccccc4C)no3)C2)c1. The summed E-state index contributed by atoms with van der Waals surface area (Å²) in [6, 6.07) is 15.3.